The first-order valence-electron chi connectivity index (χ1n) is 10.3. The number of nitrogens with zero attached hydrogens (tertiary/aromatic N) is 2. The van der Waals surface area contributed by atoms with Gasteiger partial charge in [-0.1, -0.05) is 31.9 Å². The van der Waals surface area contributed by atoms with Gasteiger partial charge in [0, 0.05) is 37.2 Å². The van der Waals surface area contributed by atoms with Crippen molar-refractivity contribution in [3.8, 4) is 0 Å². The largest absolute Gasteiger partial charge is 0.350 e. The molecule has 1 aromatic heterocycles. The van der Waals surface area contributed by atoms with Crippen molar-refractivity contribution >= 4 is 21.6 Å². The second kappa shape index (κ2) is 8.61. The molecule has 2 heterocycles. The van der Waals surface area contributed by atoms with Gasteiger partial charge >= 0.3 is 0 Å². The number of amides is 1. The number of likely N-dealkylation sites (tertiary alicyclic amines) is 1. The highest BCUT2D eigenvalue weighted by Gasteiger charge is 2.33. The van der Waals surface area contributed by atoms with Crippen LogP contribution in [0.15, 0.2) is 29.2 Å². The molecule has 1 aliphatic heterocycles. The van der Waals surface area contributed by atoms with Gasteiger partial charge in [-0.05, 0) is 50.8 Å². The zero-order chi connectivity index (χ0) is 21.2. The van der Waals surface area contributed by atoms with E-state index < -0.39 is 10.0 Å². The molecular weight excluding hydrogens is 386 g/mol. The van der Waals surface area contributed by atoms with Gasteiger partial charge in [0.2, 0.25) is 0 Å². The number of sulfonamides is 1. The second-order valence-electron chi connectivity index (χ2n) is 7.80. The molecule has 0 spiro atoms. The van der Waals surface area contributed by atoms with Crippen LogP contribution >= 0.6 is 0 Å². The van der Waals surface area contributed by atoms with E-state index in [0.717, 1.165) is 37.7 Å². The van der Waals surface area contributed by atoms with Crippen LogP contribution in [0.5, 0.6) is 0 Å². The summed E-state index contributed by atoms with van der Waals surface area (Å²) in [5.74, 6) is -0.184. The molecule has 158 valence electrons. The predicted octanol–water partition coefficient (Wildman–Crippen LogP) is 4.02. The summed E-state index contributed by atoms with van der Waals surface area (Å²) in [5.41, 5.74) is 3.11. The van der Waals surface area contributed by atoms with Gasteiger partial charge in [-0.15, -0.1) is 0 Å². The Bertz CT molecular complexity index is 1000. The number of rotatable bonds is 5. The molecule has 29 heavy (non-hydrogen) atoms. The fraction of sp³-hybridized carbons (Fsp3) is 0.500. The van der Waals surface area contributed by atoms with E-state index in [1.807, 2.05) is 36.9 Å². The normalized spacial score (nSPS) is 15.2. The minimum absolute atomic E-state index is 0.0913. The van der Waals surface area contributed by atoms with E-state index in [4.69, 9.17) is 0 Å². The van der Waals surface area contributed by atoms with E-state index in [0.29, 0.717) is 35.7 Å². The monoisotopic (exact) mass is 417 g/mol. The lowest BCUT2D eigenvalue weighted by Crippen LogP contribution is -2.33. The maximum absolute atomic E-state index is 13.4. The SMILES string of the molecule is CCc1cccc(NS(=O)(=O)c2c(C(=O)N3CCCCCC3)c(C)n(C)c2C)c1. The van der Waals surface area contributed by atoms with Gasteiger partial charge in [-0.2, -0.15) is 0 Å². The smallest absolute Gasteiger partial charge is 0.264 e. The summed E-state index contributed by atoms with van der Waals surface area (Å²) in [4.78, 5) is 15.3. The zero-order valence-corrected chi connectivity index (χ0v) is 18.6. The lowest BCUT2D eigenvalue weighted by atomic mass is 10.1. The minimum Gasteiger partial charge on any atom is -0.350 e. The van der Waals surface area contributed by atoms with Crippen LogP contribution < -0.4 is 4.72 Å². The minimum atomic E-state index is -3.91. The third kappa shape index (κ3) is 4.34. The standard InChI is InChI=1S/C22H31N3O3S/c1-5-18-11-10-12-19(15-18)23-29(27,28)21-17(3)24(4)16(2)20(21)22(26)25-13-8-6-7-9-14-25/h10-12,15,23H,5-9,13-14H2,1-4H3. The van der Waals surface area contributed by atoms with E-state index in [9.17, 15) is 13.2 Å². The summed E-state index contributed by atoms with van der Waals surface area (Å²) in [6.07, 6.45) is 4.95. The molecule has 1 saturated heterocycles. The van der Waals surface area contributed by atoms with Crippen molar-refractivity contribution in [3.05, 3.63) is 46.8 Å². The molecule has 1 amide bonds. The number of anilines is 1. The van der Waals surface area contributed by atoms with E-state index in [-0.39, 0.29) is 10.8 Å². The number of nitrogens with one attached hydrogen (secondary N) is 1. The molecule has 3 rings (SSSR count). The topological polar surface area (TPSA) is 71.4 Å². The number of hydrogen-bond acceptors (Lipinski definition) is 3. The van der Waals surface area contributed by atoms with Gasteiger partial charge in [0.1, 0.15) is 4.90 Å². The third-order valence-corrected chi connectivity index (χ3v) is 7.43. The first kappa shape index (κ1) is 21.4. The van der Waals surface area contributed by atoms with Crippen molar-refractivity contribution in [2.45, 2.75) is 57.8 Å². The van der Waals surface area contributed by atoms with Crippen LogP contribution in [0.3, 0.4) is 0 Å². The van der Waals surface area contributed by atoms with Gasteiger partial charge < -0.3 is 9.47 Å². The first-order valence-corrected chi connectivity index (χ1v) is 11.8. The molecule has 2 aromatic rings. The number of aryl methyl sites for hydroxylation is 1. The van der Waals surface area contributed by atoms with Crippen molar-refractivity contribution in [2.24, 2.45) is 7.05 Å². The van der Waals surface area contributed by atoms with Gasteiger partial charge in [-0.3, -0.25) is 9.52 Å². The van der Waals surface area contributed by atoms with Crippen LogP contribution in [0, 0.1) is 13.8 Å². The Kier molecular flexibility index (Phi) is 6.36. The lowest BCUT2D eigenvalue weighted by Gasteiger charge is -2.21. The summed E-state index contributed by atoms with van der Waals surface area (Å²) in [7, 11) is -2.11. The Hall–Kier alpha value is -2.28. The molecule has 0 bridgehead atoms. The van der Waals surface area contributed by atoms with Crippen molar-refractivity contribution in [1.82, 2.24) is 9.47 Å². The molecular formula is C22H31N3O3S. The number of aromatic nitrogens is 1. The molecule has 1 aliphatic rings. The number of benzene rings is 1. The van der Waals surface area contributed by atoms with Gasteiger partial charge in [0.05, 0.1) is 5.56 Å². The van der Waals surface area contributed by atoms with Crippen LogP contribution in [0.2, 0.25) is 0 Å². The average Bonchev–Trinajstić information content (AvgIpc) is 2.89. The molecule has 6 nitrogen and oxygen atoms in total. The Labute approximate surface area is 174 Å². The summed E-state index contributed by atoms with van der Waals surface area (Å²) in [6.45, 7) is 6.95. The molecule has 1 N–H and O–H groups in total. The Morgan fingerprint density at radius 1 is 1.07 bits per heavy atom. The number of hydrogen-bond donors (Lipinski definition) is 1. The second-order valence-corrected chi connectivity index (χ2v) is 9.42. The van der Waals surface area contributed by atoms with E-state index in [1.165, 1.54) is 0 Å². The van der Waals surface area contributed by atoms with Gasteiger partial charge in [-0.25, -0.2) is 8.42 Å². The molecule has 0 radical (unpaired) electrons. The predicted molar refractivity (Wildman–Crippen MR) is 116 cm³/mol. The van der Waals surface area contributed by atoms with Gasteiger partial charge in [0.15, 0.2) is 0 Å². The van der Waals surface area contributed by atoms with Crippen LogP contribution in [0.1, 0.15) is 59.9 Å². The highest BCUT2D eigenvalue weighted by Crippen LogP contribution is 2.30. The van der Waals surface area contributed by atoms with E-state index >= 15 is 0 Å². The number of carbonyl (C=O) groups is 1. The molecule has 7 heteroatoms. The van der Waals surface area contributed by atoms with Gasteiger partial charge in [0.25, 0.3) is 15.9 Å². The van der Waals surface area contributed by atoms with Crippen molar-refractivity contribution in [2.75, 3.05) is 17.8 Å². The maximum atomic E-state index is 13.4. The Balaban J connectivity index is 2.03. The lowest BCUT2D eigenvalue weighted by molar-refractivity contribution is 0.0757. The highest BCUT2D eigenvalue weighted by molar-refractivity contribution is 7.92. The first-order chi connectivity index (χ1) is 13.8. The molecule has 1 aromatic carbocycles. The molecule has 0 saturated carbocycles. The summed E-state index contributed by atoms with van der Waals surface area (Å²) in [6, 6.07) is 7.37. The number of carbonyl (C=O) groups excluding carboxylic acids is 1. The fourth-order valence-electron chi connectivity index (χ4n) is 3.99. The quantitative estimate of drug-likeness (QED) is 0.799. The van der Waals surface area contributed by atoms with Crippen LogP contribution in [-0.2, 0) is 23.5 Å². The van der Waals surface area contributed by atoms with E-state index in [1.54, 1.807) is 24.6 Å². The average molecular weight is 418 g/mol. The maximum Gasteiger partial charge on any atom is 0.264 e. The molecule has 0 aliphatic carbocycles. The van der Waals surface area contributed by atoms with Crippen LogP contribution in [0.25, 0.3) is 0 Å². The Morgan fingerprint density at radius 3 is 2.34 bits per heavy atom. The zero-order valence-electron chi connectivity index (χ0n) is 17.8. The van der Waals surface area contributed by atoms with Crippen LogP contribution in [-0.4, -0.2) is 36.9 Å². The summed E-state index contributed by atoms with van der Waals surface area (Å²) < 4.78 is 31.2. The fourth-order valence-corrected chi connectivity index (χ4v) is 5.56. The highest BCUT2D eigenvalue weighted by atomic mass is 32.2. The summed E-state index contributed by atoms with van der Waals surface area (Å²) >= 11 is 0. The van der Waals surface area contributed by atoms with Crippen molar-refractivity contribution in [1.29, 1.82) is 0 Å². The van der Waals surface area contributed by atoms with E-state index in [2.05, 4.69) is 4.72 Å². The van der Waals surface area contributed by atoms with Crippen LogP contribution in [0.4, 0.5) is 5.69 Å². The third-order valence-electron chi connectivity index (χ3n) is 5.89. The Morgan fingerprint density at radius 2 is 1.72 bits per heavy atom. The molecule has 0 atom stereocenters. The molecule has 1 fully saturated rings. The van der Waals surface area contributed by atoms with Crippen molar-refractivity contribution in [3.63, 3.8) is 0 Å². The summed E-state index contributed by atoms with van der Waals surface area (Å²) in [5, 5.41) is 0. The van der Waals surface area contributed by atoms with Crippen molar-refractivity contribution < 1.29 is 13.2 Å². The molecule has 0 unspecified atom stereocenters.